The zero-order chi connectivity index (χ0) is 51.7. The van der Waals surface area contributed by atoms with E-state index in [-0.39, 0.29) is 18.9 Å². The van der Waals surface area contributed by atoms with Crippen LogP contribution in [0.2, 0.25) is 0 Å². The lowest BCUT2D eigenvalue weighted by atomic mass is 9.97. The molecule has 406 valence electrons. The predicted octanol–water partition coefficient (Wildman–Crippen LogP) is 7.93. The van der Waals surface area contributed by atoms with Crippen molar-refractivity contribution in [2.24, 2.45) is 0 Å². The van der Waals surface area contributed by atoms with Crippen molar-refractivity contribution in [2.45, 2.75) is 235 Å². The standard InChI is InChI=1S/C57H95NO13/c1-3-5-7-9-11-13-14-15-16-17-18-19-20-21-22-23-24-25-26-27-28-29-30-31-32-33-35-37-39-41-49(62)58-45(46(61)40-38-36-34-12-10-8-6-4-2)44-68-56-54(67)52(65)55(48(43-60)70-56)71-57-53(66)51(64)50(63)47(42-59)69-57/h5,7,11,13,15-16,18-19,21-22,24-25,27-28,30-31,45-48,50-57,59-61,63-67H,3-4,6,8-10,12,14,17,20,23,26,29,32-44H2,1-2H3,(H,58,62)/b7-5-,13-11-,16-15-,19-18-,22-21-,25-24-,28-27-,31-30-. The molecule has 0 radical (unpaired) electrons. The summed E-state index contributed by atoms with van der Waals surface area (Å²) in [6.45, 7) is 2.65. The fraction of sp³-hybridized carbons (Fsp3) is 0.702. The van der Waals surface area contributed by atoms with Crippen molar-refractivity contribution in [1.29, 1.82) is 0 Å². The quantitative estimate of drug-likeness (QED) is 0.0210. The molecule has 14 nitrogen and oxygen atoms in total. The Morgan fingerprint density at radius 1 is 0.521 bits per heavy atom. The number of aliphatic hydroxyl groups excluding tert-OH is 8. The van der Waals surface area contributed by atoms with Crippen molar-refractivity contribution in [3.63, 3.8) is 0 Å². The highest BCUT2D eigenvalue weighted by atomic mass is 16.7. The van der Waals surface area contributed by atoms with Gasteiger partial charge in [0.1, 0.15) is 48.8 Å². The smallest absolute Gasteiger partial charge is 0.220 e. The van der Waals surface area contributed by atoms with Crippen molar-refractivity contribution < 1.29 is 64.6 Å². The van der Waals surface area contributed by atoms with E-state index in [1.165, 1.54) is 25.7 Å². The number of carbonyl (C=O) groups excluding carboxylic acids is 1. The molecule has 0 aliphatic carbocycles. The van der Waals surface area contributed by atoms with Gasteiger partial charge in [-0.05, 0) is 77.0 Å². The van der Waals surface area contributed by atoms with Gasteiger partial charge in [-0.2, -0.15) is 0 Å². The van der Waals surface area contributed by atoms with E-state index in [0.29, 0.717) is 12.8 Å². The second-order valence-corrected chi connectivity index (χ2v) is 18.6. The largest absolute Gasteiger partial charge is 0.394 e. The summed E-state index contributed by atoms with van der Waals surface area (Å²) >= 11 is 0. The molecule has 0 aromatic heterocycles. The lowest BCUT2D eigenvalue weighted by Crippen LogP contribution is -2.65. The summed E-state index contributed by atoms with van der Waals surface area (Å²) < 4.78 is 22.7. The lowest BCUT2D eigenvalue weighted by molar-refractivity contribution is -0.359. The Morgan fingerprint density at radius 2 is 0.972 bits per heavy atom. The van der Waals surface area contributed by atoms with E-state index in [0.717, 1.165) is 103 Å². The molecule has 14 heteroatoms. The van der Waals surface area contributed by atoms with Crippen molar-refractivity contribution in [3.05, 3.63) is 97.2 Å². The summed E-state index contributed by atoms with van der Waals surface area (Å²) in [5, 5.41) is 86.7. The van der Waals surface area contributed by atoms with Gasteiger partial charge in [-0.25, -0.2) is 0 Å². The lowest BCUT2D eigenvalue weighted by Gasteiger charge is -2.46. The van der Waals surface area contributed by atoms with Gasteiger partial charge in [0.05, 0.1) is 32.0 Å². The Hall–Kier alpha value is -3.09. The molecule has 2 aliphatic heterocycles. The summed E-state index contributed by atoms with van der Waals surface area (Å²) in [5.74, 6) is -0.240. The van der Waals surface area contributed by atoms with E-state index in [1.807, 2.05) is 0 Å². The van der Waals surface area contributed by atoms with Crippen molar-refractivity contribution in [3.8, 4) is 0 Å². The zero-order valence-corrected chi connectivity index (χ0v) is 43.2. The Balaban J connectivity index is 1.71. The van der Waals surface area contributed by atoms with E-state index in [2.05, 4.69) is 116 Å². The van der Waals surface area contributed by atoms with Crippen LogP contribution in [0, 0.1) is 0 Å². The van der Waals surface area contributed by atoms with Crippen LogP contribution in [0.1, 0.15) is 162 Å². The fourth-order valence-corrected chi connectivity index (χ4v) is 8.19. The van der Waals surface area contributed by atoms with E-state index < -0.39 is 86.8 Å². The number of hydrogen-bond acceptors (Lipinski definition) is 13. The first-order chi connectivity index (χ1) is 34.6. The van der Waals surface area contributed by atoms with E-state index in [4.69, 9.17) is 18.9 Å². The molecular formula is C57H95NO13. The summed E-state index contributed by atoms with van der Waals surface area (Å²) in [4.78, 5) is 13.2. The SMILES string of the molecule is CC/C=C\C/C=C\C/C=C\C/C=C\C/C=C\C/C=C\C/C=C\C/C=C\CCCCCCC(=O)NC(COC1OC(CO)C(OC2OC(CO)C(O)C(O)C2O)C(O)C1O)C(O)CCCCCCCCCC. The highest BCUT2D eigenvalue weighted by Gasteiger charge is 2.51. The van der Waals surface area contributed by atoms with Gasteiger partial charge in [-0.1, -0.05) is 175 Å². The Bertz CT molecular complexity index is 1560. The molecule has 2 fully saturated rings. The first kappa shape index (κ1) is 64.0. The minimum atomic E-state index is -1.79. The van der Waals surface area contributed by atoms with Crippen LogP contribution in [0.25, 0.3) is 0 Å². The third kappa shape index (κ3) is 28.8. The Morgan fingerprint density at radius 3 is 1.49 bits per heavy atom. The van der Waals surface area contributed by atoms with Gasteiger partial charge >= 0.3 is 0 Å². The molecule has 12 unspecified atom stereocenters. The summed E-state index contributed by atoms with van der Waals surface area (Å²) in [6, 6.07) is -0.847. The van der Waals surface area contributed by atoms with E-state index >= 15 is 0 Å². The zero-order valence-electron chi connectivity index (χ0n) is 43.2. The molecule has 2 heterocycles. The first-order valence-corrected chi connectivity index (χ1v) is 27.0. The average Bonchev–Trinajstić information content (AvgIpc) is 3.37. The Labute approximate surface area is 426 Å². The van der Waals surface area contributed by atoms with Crippen LogP contribution in [0.3, 0.4) is 0 Å². The van der Waals surface area contributed by atoms with Crippen LogP contribution in [0.4, 0.5) is 0 Å². The van der Waals surface area contributed by atoms with E-state index in [9.17, 15) is 45.6 Å². The van der Waals surface area contributed by atoms with Crippen molar-refractivity contribution in [2.75, 3.05) is 19.8 Å². The number of amides is 1. The van der Waals surface area contributed by atoms with E-state index in [1.54, 1.807) is 0 Å². The molecule has 2 rings (SSSR count). The molecule has 9 N–H and O–H groups in total. The number of rotatable bonds is 40. The van der Waals surface area contributed by atoms with Gasteiger partial charge in [0.15, 0.2) is 12.6 Å². The molecule has 0 aromatic carbocycles. The second-order valence-electron chi connectivity index (χ2n) is 18.6. The van der Waals surface area contributed by atoms with Crippen LogP contribution in [-0.4, -0.2) is 140 Å². The van der Waals surface area contributed by atoms with Gasteiger partial charge in [0, 0.05) is 6.42 Å². The second kappa shape index (κ2) is 42.3. The van der Waals surface area contributed by atoms with Gasteiger partial charge in [0.25, 0.3) is 0 Å². The maximum absolute atomic E-state index is 13.2. The molecule has 0 saturated carbocycles. The van der Waals surface area contributed by atoms with Gasteiger partial charge in [0.2, 0.25) is 5.91 Å². The van der Waals surface area contributed by atoms with Crippen LogP contribution < -0.4 is 5.32 Å². The van der Waals surface area contributed by atoms with Crippen LogP contribution >= 0.6 is 0 Å². The average molecular weight is 1000 g/mol. The highest BCUT2D eigenvalue weighted by molar-refractivity contribution is 5.76. The molecule has 12 atom stereocenters. The summed E-state index contributed by atoms with van der Waals surface area (Å²) in [7, 11) is 0. The maximum Gasteiger partial charge on any atom is 0.220 e. The number of nitrogens with one attached hydrogen (secondary N) is 1. The maximum atomic E-state index is 13.2. The number of ether oxygens (including phenoxy) is 4. The number of allylic oxidation sites excluding steroid dienone is 16. The monoisotopic (exact) mass is 1000 g/mol. The molecule has 71 heavy (non-hydrogen) atoms. The van der Waals surface area contributed by atoms with Gasteiger partial charge in [-0.15, -0.1) is 0 Å². The molecule has 1 amide bonds. The number of unbranched alkanes of at least 4 members (excludes halogenated alkanes) is 11. The molecule has 0 bridgehead atoms. The highest BCUT2D eigenvalue weighted by Crippen LogP contribution is 2.30. The predicted molar refractivity (Wildman–Crippen MR) is 281 cm³/mol. The third-order valence-electron chi connectivity index (χ3n) is 12.6. The van der Waals surface area contributed by atoms with Crippen LogP contribution in [0.5, 0.6) is 0 Å². The van der Waals surface area contributed by atoms with Crippen LogP contribution in [-0.2, 0) is 23.7 Å². The minimum absolute atomic E-state index is 0.240. The molecular weight excluding hydrogens is 907 g/mol. The molecule has 0 spiro atoms. The van der Waals surface area contributed by atoms with Gasteiger partial charge < -0.3 is 65.1 Å². The first-order valence-electron chi connectivity index (χ1n) is 27.0. The number of carbonyl (C=O) groups is 1. The minimum Gasteiger partial charge on any atom is -0.394 e. The fourth-order valence-electron chi connectivity index (χ4n) is 8.19. The third-order valence-corrected chi connectivity index (χ3v) is 12.6. The summed E-state index contributed by atoms with van der Waals surface area (Å²) in [5.41, 5.74) is 0. The number of hydrogen-bond donors (Lipinski definition) is 9. The molecule has 0 aromatic rings. The van der Waals surface area contributed by atoms with Crippen molar-refractivity contribution in [1.82, 2.24) is 5.32 Å². The Kier molecular flexibility index (Phi) is 38.1. The molecule has 2 saturated heterocycles. The number of aliphatic hydroxyl groups is 8. The summed E-state index contributed by atoms with van der Waals surface area (Å²) in [6.07, 6.45) is 40.1. The van der Waals surface area contributed by atoms with Crippen LogP contribution in [0.15, 0.2) is 97.2 Å². The topological polar surface area (TPSA) is 228 Å². The van der Waals surface area contributed by atoms with Crippen molar-refractivity contribution >= 4 is 5.91 Å². The van der Waals surface area contributed by atoms with Gasteiger partial charge in [-0.3, -0.25) is 4.79 Å². The molecule has 2 aliphatic rings. The normalized spacial score (nSPS) is 26.6.